The lowest BCUT2D eigenvalue weighted by atomic mass is 9.85. The molecule has 4 aromatic carbocycles. The summed E-state index contributed by atoms with van der Waals surface area (Å²) in [5.74, 6) is -1.03. The van der Waals surface area contributed by atoms with Crippen LogP contribution in [0.25, 0.3) is 16.7 Å². The van der Waals surface area contributed by atoms with Crippen molar-refractivity contribution < 1.29 is 9.59 Å². The van der Waals surface area contributed by atoms with Crippen LogP contribution in [0.1, 0.15) is 11.1 Å². The lowest BCUT2D eigenvalue weighted by Gasteiger charge is -2.21. The van der Waals surface area contributed by atoms with Gasteiger partial charge < -0.3 is 0 Å². The van der Waals surface area contributed by atoms with Crippen molar-refractivity contribution in [3.63, 3.8) is 0 Å². The molecule has 3 aliphatic rings. The Balaban J connectivity index is 1.27. The minimum Gasteiger partial charge on any atom is -0.274 e. The molecule has 2 bridgehead atoms. The van der Waals surface area contributed by atoms with E-state index in [1.165, 1.54) is 10.5 Å². The number of carbonyl (C=O) groups is 2. The molecule has 7 rings (SSSR count). The Bertz CT molecular complexity index is 1480. The zero-order valence-corrected chi connectivity index (χ0v) is 20.2. The van der Waals surface area contributed by atoms with Crippen molar-refractivity contribution in [2.75, 3.05) is 4.90 Å². The molecule has 1 saturated heterocycles. The fourth-order valence-electron chi connectivity index (χ4n) is 6.49. The summed E-state index contributed by atoms with van der Waals surface area (Å²) in [6.45, 7) is 0. The van der Waals surface area contributed by atoms with Gasteiger partial charge in [-0.3, -0.25) is 9.59 Å². The molecule has 2 aliphatic carbocycles. The van der Waals surface area contributed by atoms with E-state index in [1.807, 2.05) is 78.9 Å². The fourth-order valence-corrected chi connectivity index (χ4v) is 6.49. The predicted molar refractivity (Wildman–Crippen MR) is 146 cm³/mol. The van der Waals surface area contributed by atoms with Crippen molar-refractivity contribution in [1.29, 1.82) is 0 Å². The zero-order chi connectivity index (χ0) is 24.9. The zero-order valence-electron chi connectivity index (χ0n) is 20.2. The molecule has 4 atom stereocenters. The van der Waals surface area contributed by atoms with Gasteiger partial charge in [0.15, 0.2) is 0 Å². The molecule has 1 saturated carbocycles. The normalized spacial score (nSPS) is 23.6. The van der Waals surface area contributed by atoms with Gasteiger partial charge in [-0.05, 0) is 45.5 Å². The van der Waals surface area contributed by atoms with E-state index in [0.717, 1.165) is 27.8 Å². The summed E-state index contributed by atoms with van der Waals surface area (Å²) in [4.78, 5) is 29.1. The molecular weight excluding hydrogens is 454 g/mol. The van der Waals surface area contributed by atoms with E-state index in [9.17, 15) is 9.59 Å². The topological polar surface area (TPSA) is 37.4 Å². The van der Waals surface area contributed by atoms with E-state index in [4.69, 9.17) is 0 Å². The summed E-state index contributed by atoms with van der Waals surface area (Å²) >= 11 is 0. The number of allylic oxidation sites excluding steroid dienone is 3. The average Bonchev–Trinajstić information content (AvgIpc) is 3.59. The second-order valence-corrected chi connectivity index (χ2v) is 9.98. The Hall–Kier alpha value is -4.50. The molecule has 4 aromatic rings. The first-order chi connectivity index (χ1) is 18.2. The number of benzene rings is 4. The number of carbonyl (C=O) groups excluding carboxylic acids is 2. The molecular formula is C34H25NO2. The number of imide groups is 1. The van der Waals surface area contributed by atoms with Crippen molar-refractivity contribution in [3.8, 4) is 11.1 Å². The predicted octanol–water partition coefficient (Wildman–Crippen LogP) is 6.78. The van der Waals surface area contributed by atoms with E-state index < -0.39 is 0 Å². The maximum absolute atomic E-state index is 13.8. The summed E-state index contributed by atoms with van der Waals surface area (Å²) in [6.07, 6.45) is 4.31. The van der Waals surface area contributed by atoms with Gasteiger partial charge in [0.2, 0.25) is 11.8 Å². The van der Waals surface area contributed by atoms with Crippen molar-refractivity contribution in [3.05, 3.63) is 144 Å². The molecule has 37 heavy (non-hydrogen) atoms. The van der Waals surface area contributed by atoms with Gasteiger partial charge in [0.1, 0.15) is 0 Å². The smallest absolute Gasteiger partial charge is 0.238 e. The van der Waals surface area contributed by atoms with E-state index in [0.29, 0.717) is 5.69 Å². The first kappa shape index (κ1) is 21.8. The van der Waals surface area contributed by atoms with Crippen molar-refractivity contribution in [2.45, 2.75) is 0 Å². The number of fused-ring (bicyclic) bond motifs is 5. The summed E-state index contributed by atoms with van der Waals surface area (Å²) in [7, 11) is 0. The fraction of sp³-hybridized carbons (Fsp3) is 0.118. The Morgan fingerprint density at radius 3 is 1.43 bits per heavy atom. The number of amides is 2. The minimum atomic E-state index is -0.353. The SMILES string of the molecule is O=C1[C@@H]2[C@@H](C(=O)N1c1ccc(-c3ccccc3)cc1)[C@H]1C=C[C@H]2C1=C(c1ccccc1)c1ccccc1. The summed E-state index contributed by atoms with van der Waals surface area (Å²) in [6, 6.07) is 38.5. The quantitative estimate of drug-likeness (QED) is 0.239. The number of nitrogens with zero attached hydrogens (tertiary/aromatic N) is 1. The molecule has 178 valence electrons. The van der Waals surface area contributed by atoms with Crippen molar-refractivity contribution >= 4 is 23.1 Å². The Morgan fingerprint density at radius 2 is 0.946 bits per heavy atom. The molecule has 3 nitrogen and oxygen atoms in total. The number of anilines is 1. The van der Waals surface area contributed by atoms with Crippen LogP contribution < -0.4 is 4.90 Å². The summed E-state index contributed by atoms with van der Waals surface area (Å²) in [5, 5.41) is 0. The van der Waals surface area contributed by atoms with Crippen LogP contribution in [0.15, 0.2) is 133 Å². The van der Waals surface area contributed by atoms with Gasteiger partial charge in [0.25, 0.3) is 0 Å². The van der Waals surface area contributed by atoms with Gasteiger partial charge in [0.05, 0.1) is 17.5 Å². The van der Waals surface area contributed by atoms with Crippen LogP contribution in [0.4, 0.5) is 5.69 Å². The molecule has 0 aromatic heterocycles. The maximum atomic E-state index is 13.8. The molecule has 0 unspecified atom stereocenters. The van der Waals surface area contributed by atoms with E-state index >= 15 is 0 Å². The highest BCUT2D eigenvalue weighted by Gasteiger charge is 2.62. The summed E-state index contributed by atoms with van der Waals surface area (Å²) in [5.41, 5.74) is 7.41. The van der Waals surface area contributed by atoms with Crippen LogP contribution in [0.5, 0.6) is 0 Å². The third-order valence-electron chi connectivity index (χ3n) is 8.06. The molecule has 0 radical (unpaired) electrons. The van der Waals surface area contributed by atoms with Crippen LogP contribution >= 0.6 is 0 Å². The number of rotatable bonds is 4. The largest absolute Gasteiger partial charge is 0.274 e. The van der Waals surface area contributed by atoms with Gasteiger partial charge in [0, 0.05) is 11.8 Å². The van der Waals surface area contributed by atoms with Gasteiger partial charge in [-0.15, -0.1) is 0 Å². The number of hydrogen-bond acceptors (Lipinski definition) is 2. The first-order valence-corrected chi connectivity index (χ1v) is 12.8. The molecule has 0 spiro atoms. The van der Waals surface area contributed by atoms with Gasteiger partial charge in [-0.2, -0.15) is 0 Å². The lowest BCUT2D eigenvalue weighted by molar-refractivity contribution is -0.122. The third kappa shape index (κ3) is 3.35. The second kappa shape index (κ2) is 8.56. The highest BCUT2D eigenvalue weighted by atomic mass is 16.2. The van der Waals surface area contributed by atoms with Crippen LogP contribution in [0.3, 0.4) is 0 Å². The standard InChI is InChI=1S/C34H25NO2/c36-33-31-27-20-21-28(30(27)29(24-12-6-2-7-13-24)25-14-8-3-9-15-25)32(31)34(37)35(33)26-18-16-23(17-19-26)22-10-4-1-5-11-22/h1-21,27-28,31-32H/t27-,28-,31-,32-/m0/s1. The highest BCUT2D eigenvalue weighted by molar-refractivity contribution is 6.23. The number of hydrogen-bond donors (Lipinski definition) is 0. The molecule has 3 heteroatoms. The van der Waals surface area contributed by atoms with Gasteiger partial charge >= 0.3 is 0 Å². The van der Waals surface area contributed by atoms with Gasteiger partial charge in [-0.1, -0.05) is 115 Å². The first-order valence-electron chi connectivity index (χ1n) is 12.8. The van der Waals surface area contributed by atoms with Crippen LogP contribution in [0.2, 0.25) is 0 Å². The second-order valence-electron chi connectivity index (χ2n) is 9.98. The van der Waals surface area contributed by atoms with Crippen molar-refractivity contribution in [1.82, 2.24) is 0 Å². The third-order valence-corrected chi connectivity index (χ3v) is 8.06. The van der Waals surface area contributed by atoms with Crippen LogP contribution in [-0.2, 0) is 9.59 Å². The monoisotopic (exact) mass is 479 g/mol. The molecule has 1 aliphatic heterocycles. The van der Waals surface area contributed by atoms with E-state index in [1.54, 1.807) is 0 Å². The Morgan fingerprint density at radius 1 is 0.514 bits per heavy atom. The van der Waals surface area contributed by atoms with Gasteiger partial charge in [-0.25, -0.2) is 4.90 Å². The van der Waals surface area contributed by atoms with E-state index in [2.05, 4.69) is 48.6 Å². The van der Waals surface area contributed by atoms with Crippen LogP contribution in [-0.4, -0.2) is 11.8 Å². The van der Waals surface area contributed by atoms with Crippen molar-refractivity contribution in [2.24, 2.45) is 23.7 Å². The minimum absolute atomic E-state index is 0.0737. The van der Waals surface area contributed by atoms with Crippen LogP contribution in [0, 0.1) is 23.7 Å². The maximum Gasteiger partial charge on any atom is 0.238 e. The molecule has 0 N–H and O–H groups in total. The average molecular weight is 480 g/mol. The van der Waals surface area contributed by atoms with E-state index in [-0.39, 0.29) is 35.5 Å². The summed E-state index contributed by atoms with van der Waals surface area (Å²) < 4.78 is 0. The Kier molecular flexibility index (Phi) is 5.03. The Labute approximate surface area is 216 Å². The lowest BCUT2D eigenvalue weighted by Crippen LogP contribution is -2.33. The molecule has 1 heterocycles. The molecule has 2 fully saturated rings. The highest BCUT2D eigenvalue weighted by Crippen LogP contribution is 2.58. The molecule has 2 amide bonds.